The van der Waals surface area contributed by atoms with Gasteiger partial charge in [-0.3, -0.25) is 0 Å². The van der Waals surface area contributed by atoms with E-state index in [2.05, 4.69) is 5.32 Å². The van der Waals surface area contributed by atoms with E-state index in [-0.39, 0.29) is 11.1 Å². The summed E-state index contributed by atoms with van der Waals surface area (Å²) < 4.78 is 13.3. The first-order chi connectivity index (χ1) is 8.06. The number of hydrogen-bond acceptors (Lipinski definition) is 2. The van der Waals surface area contributed by atoms with Crippen molar-refractivity contribution >= 4 is 23.2 Å². The molecule has 1 aromatic carbocycles. The van der Waals surface area contributed by atoms with Gasteiger partial charge < -0.3 is 11.1 Å². The van der Waals surface area contributed by atoms with Crippen molar-refractivity contribution in [1.29, 1.82) is 0 Å². The highest BCUT2D eigenvalue weighted by atomic mass is 35.5. The van der Waals surface area contributed by atoms with E-state index in [1.54, 1.807) is 0 Å². The fourth-order valence-corrected chi connectivity index (χ4v) is 2.11. The standard InChI is InChI=1S/C12H17Cl2FN2/c1-8(17-5-3-2-4-16)9-6-12(15)11(14)7-10(9)13/h6-8,17H,2-5,16H2,1H3. The molecule has 1 rings (SSSR count). The molecule has 0 heterocycles. The Kier molecular flexibility index (Phi) is 6.20. The summed E-state index contributed by atoms with van der Waals surface area (Å²) in [4.78, 5) is 0. The van der Waals surface area contributed by atoms with E-state index in [1.165, 1.54) is 12.1 Å². The molecular weight excluding hydrogens is 262 g/mol. The van der Waals surface area contributed by atoms with Gasteiger partial charge >= 0.3 is 0 Å². The van der Waals surface area contributed by atoms with Crippen molar-refractivity contribution in [3.63, 3.8) is 0 Å². The van der Waals surface area contributed by atoms with Crippen LogP contribution >= 0.6 is 23.2 Å². The predicted molar refractivity (Wildman–Crippen MR) is 71.1 cm³/mol. The SMILES string of the molecule is CC(NCCCCN)c1cc(F)c(Cl)cc1Cl. The second-order valence-corrected chi connectivity index (χ2v) is 4.77. The summed E-state index contributed by atoms with van der Waals surface area (Å²) in [5, 5.41) is 3.80. The normalized spacial score (nSPS) is 12.8. The lowest BCUT2D eigenvalue weighted by Crippen LogP contribution is -2.21. The Morgan fingerprint density at radius 1 is 1.29 bits per heavy atom. The van der Waals surface area contributed by atoms with Crippen LogP contribution in [0.3, 0.4) is 0 Å². The van der Waals surface area contributed by atoms with Gasteiger partial charge in [0.05, 0.1) is 5.02 Å². The van der Waals surface area contributed by atoms with Gasteiger partial charge in [-0.05, 0) is 50.6 Å². The second-order valence-electron chi connectivity index (χ2n) is 3.96. The summed E-state index contributed by atoms with van der Waals surface area (Å²) in [6.45, 7) is 3.46. The van der Waals surface area contributed by atoms with Crippen molar-refractivity contribution in [2.75, 3.05) is 13.1 Å². The summed E-state index contributed by atoms with van der Waals surface area (Å²) in [7, 11) is 0. The minimum atomic E-state index is -0.443. The molecule has 0 saturated carbocycles. The van der Waals surface area contributed by atoms with Gasteiger partial charge in [-0.1, -0.05) is 23.2 Å². The van der Waals surface area contributed by atoms with Crippen molar-refractivity contribution in [3.8, 4) is 0 Å². The van der Waals surface area contributed by atoms with E-state index < -0.39 is 5.82 Å². The molecule has 0 aliphatic heterocycles. The quantitative estimate of drug-likeness (QED) is 0.617. The average molecular weight is 279 g/mol. The molecule has 0 saturated heterocycles. The maximum absolute atomic E-state index is 13.3. The second kappa shape index (κ2) is 7.17. The van der Waals surface area contributed by atoms with Crippen LogP contribution in [0.2, 0.25) is 10.0 Å². The molecule has 0 spiro atoms. The fraction of sp³-hybridized carbons (Fsp3) is 0.500. The highest BCUT2D eigenvalue weighted by molar-refractivity contribution is 6.35. The molecule has 0 amide bonds. The third-order valence-corrected chi connectivity index (χ3v) is 3.20. The monoisotopic (exact) mass is 278 g/mol. The Balaban J connectivity index is 2.62. The van der Waals surface area contributed by atoms with E-state index in [0.29, 0.717) is 11.6 Å². The van der Waals surface area contributed by atoms with Gasteiger partial charge in [-0.25, -0.2) is 4.39 Å². The Morgan fingerprint density at radius 2 is 2.00 bits per heavy atom. The molecule has 0 aliphatic carbocycles. The van der Waals surface area contributed by atoms with Crippen LogP contribution in [0.25, 0.3) is 0 Å². The Labute approximate surface area is 111 Å². The van der Waals surface area contributed by atoms with E-state index in [4.69, 9.17) is 28.9 Å². The molecule has 1 aromatic rings. The molecule has 1 unspecified atom stereocenters. The lowest BCUT2D eigenvalue weighted by atomic mass is 10.1. The van der Waals surface area contributed by atoms with Gasteiger partial charge in [0.15, 0.2) is 0 Å². The highest BCUT2D eigenvalue weighted by Crippen LogP contribution is 2.28. The molecule has 0 bridgehead atoms. The van der Waals surface area contributed by atoms with Crippen LogP contribution in [0.4, 0.5) is 4.39 Å². The van der Waals surface area contributed by atoms with E-state index >= 15 is 0 Å². The first-order valence-electron chi connectivity index (χ1n) is 5.64. The molecule has 2 nitrogen and oxygen atoms in total. The zero-order chi connectivity index (χ0) is 12.8. The van der Waals surface area contributed by atoms with Crippen LogP contribution in [-0.4, -0.2) is 13.1 Å². The number of hydrogen-bond donors (Lipinski definition) is 2. The minimum Gasteiger partial charge on any atom is -0.330 e. The molecule has 1 atom stereocenters. The maximum atomic E-state index is 13.3. The molecule has 96 valence electrons. The number of nitrogens with one attached hydrogen (secondary N) is 1. The molecule has 0 fully saturated rings. The van der Waals surface area contributed by atoms with Crippen molar-refractivity contribution < 1.29 is 4.39 Å². The molecule has 5 heteroatoms. The summed E-state index contributed by atoms with van der Waals surface area (Å²) in [6.07, 6.45) is 1.97. The lowest BCUT2D eigenvalue weighted by Gasteiger charge is -2.16. The van der Waals surface area contributed by atoms with Gasteiger partial charge in [0.2, 0.25) is 0 Å². The molecule has 3 N–H and O–H groups in total. The minimum absolute atomic E-state index is 0.00737. The summed E-state index contributed by atoms with van der Waals surface area (Å²) in [5.41, 5.74) is 6.13. The Bertz CT molecular complexity index is 372. The van der Waals surface area contributed by atoms with Crippen LogP contribution in [0.15, 0.2) is 12.1 Å². The van der Waals surface area contributed by atoms with Crippen LogP contribution in [0, 0.1) is 5.82 Å². The van der Waals surface area contributed by atoms with E-state index in [9.17, 15) is 4.39 Å². The predicted octanol–water partition coefficient (Wildman–Crippen LogP) is 3.52. The molecule has 0 aliphatic rings. The largest absolute Gasteiger partial charge is 0.330 e. The topological polar surface area (TPSA) is 38.0 Å². The van der Waals surface area contributed by atoms with E-state index in [0.717, 1.165) is 24.9 Å². The number of benzene rings is 1. The number of halogens is 3. The maximum Gasteiger partial charge on any atom is 0.142 e. The highest BCUT2D eigenvalue weighted by Gasteiger charge is 2.12. The van der Waals surface area contributed by atoms with E-state index in [1.807, 2.05) is 6.92 Å². The summed E-state index contributed by atoms with van der Waals surface area (Å²) in [5.74, 6) is -0.443. The van der Waals surface area contributed by atoms with Crippen molar-refractivity contribution in [2.24, 2.45) is 5.73 Å². The third-order valence-electron chi connectivity index (χ3n) is 2.59. The first-order valence-corrected chi connectivity index (χ1v) is 6.39. The third kappa shape index (κ3) is 4.43. The van der Waals surface area contributed by atoms with Gasteiger partial charge in [0, 0.05) is 11.1 Å². The number of unbranched alkanes of at least 4 members (excludes halogenated alkanes) is 1. The summed E-state index contributed by atoms with van der Waals surface area (Å²) in [6, 6.07) is 2.81. The number of nitrogens with two attached hydrogens (primary N) is 1. The van der Waals surface area contributed by atoms with Gasteiger partial charge in [-0.2, -0.15) is 0 Å². The van der Waals surface area contributed by atoms with Crippen LogP contribution in [0.1, 0.15) is 31.4 Å². The fourth-order valence-electron chi connectivity index (χ4n) is 1.57. The average Bonchev–Trinajstić information content (AvgIpc) is 2.29. The van der Waals surface area contributed by atoms with Crippen LogP contribution in [0.5, 0.6) is 0 Å². The van der Waals surface area contributed by atoms with Gasteiger partial charge in [0.1, 0.15) is 5.82 Å². The number of rotatable bonds is 6. The van der Waals surface area contributed by atoms with Crippen LogP contribution in [-0.2, 0) is 0 Å². The van der Waals surface area contributed by atoms with Crippen LogP contribution < -0.4 is 11.1 Å². The molecule has 0 aromatic heterocycles. The van der Waals surface area contributed by atoms with Crippen molar-refractivity contribution in [1.82, 2.24) is 5.32 Å². The lowest BCUT2D eigenvalue weighted by molar-refractivity contribution is 0.543. The first kappa shape index (κ1) is 14.7. The van der Waals surface area contributed by atoms with Crippen molar-refractivity contribution in [2.45, 2.75) is 25.8 Å². The van der Waals surface area contributed by atoms with Gasteiger partial charge in [0.25, 0.3) is 0 Å². The Hall–Kier alpha value is -0.350. The van der Waals surface area contributed by atoms with Crippen molar-refractivity contribution in [3.05, 3.63) is 33.6 Å². The smallest absolute Gasteiger partial charge is 0.142 e. The zero-order valence-corrected chi connectivity index (χ0v) is 11.3. The Morgan fingerprint density at radius 3 is 2.65 bits per heavy atom. The summed E-state index contributed by atoms with van der Waals surface area (Å²) >= 11 is 11.7. The molecule has 17 heavy (non-hydrogen) atoms. The van der Waals surface area contributed by atoms with Gasteiger partial charge in [-0.15, -0.1) is 0 Å². The molecular formula is C12H17Cl2FN2. The molecule has 0 radical (unpaired) electrons. The zero-order valence-electron chi connectivity index (χ0n) is 9.77.